The lowest BCUT2D eigenvalue weighted by Gasteiger charge is -2.23. The van der Waals surface area contributed by atoms with Gasteiger partial charge in [0.25, 0.3) is 0 Å². The molecule has 1 fully saturated rings. The van der Waals surface area contributed by atoms with Crippen LogP contribution in [0.25, 0.3) is 0 Å². The first-order valence-electron chi connectivity index (χ1n) is 5.28. The van der Waals surface area contributed by atoms with Gasteiger partial charge in [-0.3, -0.25) is 0 Å². The van der Waals surface area contributed by atoms with Gasteiger partial charge in [0.2, 0.25) is 0 Å². The molecule has 1 heterocycles. The Balaban J connectivity index is 2.27. The van der Waals surface area contributed by atoms with Crippen LogP contribution in [0.5, 0.6) is 0 Å². The Morgan fingerprint density at radius 2 is 2.07 bits per heavy atom. The van der Waals surface area contributed by atoms with E-state index in [4.69, 9.17) is 4.74 Å². The minimum atomic E-state index is -1.72. The zero-order valence-corrected chi connectivity index (χ0v) is 8.81. The molecule has 1 aromatic carbocycles. The van der Waals surface area contributed by atoms with Gasteiger partial charge in [-0.1, -0.05) is 31.2 Å². The fraction of sp³-hybridized carbons (Fsp3) is 0.500. The van der Waals surface area contributed by atoms with E-state index in [2.05, 4.69) is 0 Å². The summed E-state index contributed by atoms with van der Waals surface area (Å²) in [6.45, 7) is 2.54. The first-order chi connectivity index (χ1) is 7.13. The van der Waals surface area contributed by atoms with Crippen LogP contribution in [0.4, 0.5) is 0 Å². The summed E-state index contributed by atoms with van der Waals surface area (Å²) in [6.07, 6.45) is 1.31. The molecule has 0 radical (unpaired) electrons. The van der Waals surface area contributed by atoms with Gasteiger partial charge < -0.3 is 14.9 Å². The third-order valence-corrected chi connectivity index (χ3v) is 2.79. The molecule has 2 rings (SSSR count). The summed E-state index contributed by atoms with van der Waals surface area (Å²) in [5.74, 6) is -1.72. The highest BCUT2D eigenvalue weighted by atomic mass is 16.6. The van der Waals surface area contributed by atoms with Crippen LogP contribution < -0.4 is 0 Å². The number of aliphatic hydroxyl groups is 2. The molecule has 0 spiro atoms. The van der Waals surface area contributed by atoms with E-state index in [0.29, 0.717) is 5.56 Å². The summed E-state index contributed by atoms with van der Waals surface area (Å²) >= 11 is 0. The summed E-state index contributed by atoms with van der Waals surface area (Å²) in [5.41, 5.74) is 1.56. The monoisotopic (exact) mass is 208 g/mol. The predicted molar refractivity (Wildman–Crippen MR) is 56.3 cm³/mol. The third kappa shape index (κ3) is 2.37. The molecule has 15 heavy (non-hydrogen) atoms. The van der Waals surface area contributed by atoms with Gasteiger partial charge in [-0.15, -0.1) is 0 Å². The zero-order chi connectivity index (χ0) is 10.9. The maximum atomic E-state index is 9.82. The Morgan fingerprint density at radius 1 is 1.40 bits per heavy atom. The van der Waals surface area contributed by atoms with E-state index in [0.717, 1.165) is 18.6 Å². The molecule has 2 N–H and O–H groups in total. The van der Waals surface area contributed by atoms with Gasteiger partial charge in [-0.2, -0.15) is 0 Å². The second-order valence-electron chi connectivity index (χ2n) is 3.99. The van der Waals surface area contributed by atoms with Crippen LogP contribution in [0, 0.1) is 0 Å². The topological polar surface area (TPSA) is 53.0 Å². The lowest BCUT2D eigenvalue weighted by Crippen LogP contribution is -2.25. The van der Waals surface area contributed by atoms with Crippen molar-refractivity contribution in [2.24, 2.45) is 0 Å². The van der Waals surface area contributed by atoms with Crippen molar-refractivity contribution in [1.29, 1.82) is 0 Å². The summed E-state index contributed by atoms with van der Waals surface area (Å²) in [5, 5.41) is 19.6. The molecule has 82 valence electrons. The average molecular weight is 208 g/mol. The van der Waals surface area contributed by atoms with Crippen LogP contribution in [0.15, 0.2) is 24.3 Å². The van der Waals surface area contributed by atoms with Crippen molar-refractivity contribution in [1.82, 2.24) is 0 Å². The molecule has 1 atom stereocenters. The molecule has 3 nitrogen and oxygen atoms in total. The molecule has 0 aliphatic carbocycles. The van der Waals surface area contributed by atoms with E-state index < -0.39 is 5.79 Å². The number of rotatable bonds is 4. The van der Waals surface area contributed by atoms with Crippen molar-refractivity contribution in [2.45, 2.75) is 31.7 Å². The van der Waals surface area contributed by atoms with Crippen molar-refractivity contribution < 1.29 is 14.9 Å². The molecule has 1 saturated heterocycles. The highest BCUT2D eigenvalue weighted by molar-refractivity contribution is 5.31. The third-order valence-electron chi connectivity index (χ3n) is 2.79. The van der Waals surface area contributed by atoms with Gasteiger partial charge in [0, 0.05) is 18.4 Å². The molecular weight excluding hydrogens is 192 g/mol. The van der Waals surface area contributed by atoms with E-state index in [1.54, 1.807) is 13.0 Å². The van der Waals surface area contributed by atoms with Gasteiger partial charge in [0.15, 0.2) is 5.79 Å². The van der Waals surface area contributed by atoms with Crippen LogP contribution >= 0.6 is 0 Å². The first-order valence-corrected chi connectivity index (χ1v) is 5.28. The van der Waals surface area contributed by atoms with Crippen molar-refractivity contribution in [3.8, 4) is 0 Å². The molecule has 1 aliphatic heterocycles. The molecule has 1 aliphatic rings. The quantitative estimate of drug-likeness (QED) is 0.577. The summed E-state index contributed by atoms with van der Waals surface area (Å²) in [6, 6.07) is 7.42. The van der Waals surface area contributed by atoms with Crippen molar-refractivity contribution in [3.05, 3.63) is 35.4 Å². The smallest absolute Gasteiger partial charge is 0.189 e. The van der Waals surface area contributed by atoms with E-state index in [9.17, 15) is 10.2 Å². The van der Waals surface area contributed by atoms with Gasteiger partial charge in [0.05, 0.1) is 12.7 Å². The van der Waals surface area contributed by atoms with Crippen LogP contribution in [0.1, 0.15) is 24.5 Å². The average Bonchev–Trinajstić information content (AvgIpc) is 3.02. The molecule has 0 saturated carbocycles. The fourth-order valence-electron chi connectivity index (χ4n) is 1.71. The van der Waals surface area contributed by atoms with E-state index in [-0.39, 0.29) is 12.5 Å². The Kier molecular flexibility index (Phi) is 2.78. The number of hydrogen-bond acceptors (Lipinski definition) is 3. The lowest BCUT2D eigenvalue weighted by molar-refractivity contribution is -0.171. The number of benzene rings is 1. The van der Waals surface area contributed by atoms with Gasteiger partial charge in [0.1, 0.15) is 0 Å². The number of epoxide rings is 1. The van der Waals surface area contributed by atoms with E-state index in [1.807, 2.05) is 18.2 Å². The standard InChI is InChI=1S/C12H16O3/c1-2-12(13,14)11-6-4-3-5-9(11)7-10-8-15-10/h3-6,10,13-14H,2,7-8H2,1H3. The summed E-state index contributed by atoms with van der Waals surface area (Å²) in [4.78, 5) is 0. The van der Waals surface area contributed by atoms with Crippen molar-refractivity contribution in [2.75, 3.05) is 6.61 Å². The minimum Gasteiger partial charge on any atom is -0.373 e. The Hall–Kier alpha value is -0.900. The Bertz CT molecular complexity index is 342. The number of ether oxygens (including phenoxy) is 1. The minimum absolute atomic E-state index is 0.263. The number of hydrogen-bond donors (Lipinski definition) is 2. The molecule has 0 amide bonds. The van der Waals surface area contributed by atoms with Gasteiger partial charge >= 0.3 is 0 Å². The second-order valence-corrected chi connectivity index (χ2v) is 3.99. The van der Waals surface area contributed by atoms with E-state index >= 15 is 0 Å². The zero-order valence-electron chi connectivity index (χ0n) is 8.81. The highest BCUT2D eigenvalue weighted by Crippen LogP contribution is 2.27. The Labute approximate surface area is 89.3 Å². The SMILES string of the molecule is CCC(O)(O)c1ccccc1CC1CO1. The lowest BCUT2D eigenvalue weighted by atomic mass is 9.95. The maximum Gasteiger partial charge on any atom is 0.189 e. The Morgan fingerprint density at radius 3 is 2.67 bits per heavy atom. The van der Waals surface area contributed by atoms with Crippen molar-refractivity contribution in [3.63, 3.8) is 0 Å². The normalized spacial score (nSPS) is 20.3. The summed E-state index contributed by atoms with van der Waals surface area (Å²) in [7, 11) is 0. The molecule has 1 unspecified atom stereocenters. The largest absolute Gasteiger partial charge is 0.373 e. The molecule has 1 aromatic rings. The summed E-state index contributed by atoms with van der Waals surface area (Å²) < 4.78 is 5.15. The molecular formula is C12H16O3. The van der Waals surface area contributed by atoms with Crippen LogP contribution in [-0.2, 0) is 16.9 Å². The van der Waals surface area contributed by atoms with Crippen LogP contribution in [-0.4, -0.2) is 22.9 Å². The van der Waals surface area contributed by atoms with Crippen molar-refractivity contribution >= 4 is 0 Å². The first kappa shape index (κ1) is 10.6. The molecule has 0 bridgehead atoms. The molecule has 0 aromatic heterocycles. The fourth-order valence-corrected chi connectivity index (χ4v) is 1.71. The van der Waals surface area contributed by atoms with Crippen LogP contribution in [0.3, 0.4) is 0 Å². The van der Waals surface area contributed by atoms with Gasteiger partial charge in [-0.05, 0) is 5.56 Å². The second kappa shape index (κ2) is 3.93. The van der Waals surface area contributed by atoms with Crippen LogP contribution in [0.2, 0.25) is 0 Å². The maximum absolute atomic E-state index is 9.82. The van der Waals surface area contributed by atoms with Gasteiger partial charge in [-0.25, -0.2) is 0 Å². The van der Waals surface area contributed by atoms with E-state index in [1.165, 1.54) is 0 Å². The highest BCUT2D eigenvalue weighted by Gasteiger charge is 2.29. The molecule has 3 heteroatoms. The predicted octanol–water partition coefficient (Wildman–Crippen LogP) is 1.18.